The molecule has 0 bridgehead atoms. The maximum Gasteiger partial charge on any atom is 0.262 e. The molecular formula is C22H25N3O4. The summed E-state index contributed by atoms with van der Waals surface area (Å²) in [6.45, 7) is 4.96. The molecule has 7 heteroatoms. The van der Waals surface area contributed by atoms with Gasteiger partial charge in [-0.3, -0.25) is 14.4 Å². The fourth-order valence-electron chi connectivity index (χ4n) is 3.22. The maximum atomic E-state index is 12.5. The second-order valence-corrected chi connectivity index (χ2v) is 6.76. The molecular weight excluding hydrogens is 370 g/mol. The van der Waals surface area contributed by atoms with Gasteiger partial charge in [-0.25, -0.2) is 0 Å². The van der Waals surface area contributed by atoms with Crippen LogP contribution in [0.2, 0.25) is 0 Å². The third-order valence-electron chi connectivity index (χ3n) is 4.79. The van der Waals surface area contributed by atoms with E-state index in [0.717, 1.165) is 11.3 Å². The number of ether oxygens (including phenoxy) is 1. The molecule has 1 heterocycles. The molecule has 0 aromatic heterocycles. The number of rotatable bonds is 7. The average molecular weight is 395 g/mol. The van der Waals surface area contributed by atoms with Crippen LogP contribution in [0.15, 0.2) is 42.5 Å². The number of nitrogens with one attached hydrogen (secondary N) is 2. The molecule has 0 unspecified atom stereocenters. The minimum absolute atomic E-state index is 0.00672. The minimum Gasteiger partial charge on any atom is -0.484 e. The van der Waals surface area contributed by atoms with Crippen molar-refractivity contribution in [3.05, 3.63) is 53.6 Å². The van der Waals surface area contributed by atoms with Crippen LogP contribution in [0.25, 0.3) is 0 Å². The fourth-order valence-corrected chi connectivity index (χ4v) is 3.22. The summed E-state index contributed by atoms with van der Waals surface area (Å²) in [6, 6.07) is 12.2. The molecule has 0 saturated carbocycles. The van der Waals surface area contributed by atoms with Crippen molar-refractivity contribution in [2.24, 2.45) is 0 Å². The van der Waals surface area contributed by atoms with E-state index in [1.807, 2.05) is 19.9 Å². The van der Waals surface area contributed by atoms with Gasteiger partial charge in [0.2, 0.25) is 5.91 Å². The van der Waals surface area contributed by atoms with E-state index in [2.05, 4.69) is 10.6 Å². The lowest BCUT2D eigenvalue weighted by Gasteiger charge is -2.19. The van der Waals surface area contributed by atoms with Crippen LogP contribution in [0.3, 0.4) is 0 Å². The Morgan fingerprint density at radius 3 is 2.66 bits per heavy atom. The molecule has 3 amide bonds. The molecule has 3 rings (SSSR count). The van der Waals surface area contributed by atoms with Crippen molar-refractivity contribution < 1.29 is 19.1 Å². The first-order valence-electron chi connectivity index (χ1n) is 9.75. The number of benzene rings is 2. The Labute approximate surface area is 170 Å². The van der Waals surface area contributed by atoms with Crippen LogP contribution in [-0.2, 0) is 16.0 Å². The first-order chi connectivity index (χ1) is 14.0. The van der Waals surface area contributed by atoms with Crippen molar-refractivity contribution >= 4 is 29.1 Å². The SMILES string of the molecule is CCN(CC)C(=O)c1cccc(NC(=O)COc2ccc3c(c2)CCC(=O)N3)c1. The summed E-state index contributed by atoms with van der Waals surface area (Å²) in [5, 5.41) is 5.57. The highest BCUT2D eigenvalue weighted by atomic mass is 16.5. The van der Waals surface area contributed by atoms with E-state index < -0.39 is 0 Å². The van der Waals surface area contributed by atoms with Crippen molar-refractivity contribution in [1.82, 2.24) is 4.90 Å². The lowest BCUT2D eigenvalue weighted by molar-refractivity contribution is -0.118. The molecule has 0 fully saturated rings. The van der Waals surface area contributed by atoms with Gasteiger partial charge in [-0.15, -0.1) is 0 Å². The largest absolute Gasteiger partial charge is 0.484 e. The van der Waals surface area contributed by atoms with Crippen LogP contribution < -0.4 is 15.4 Å². The Morgan fingerprint density at radius 2 is 1.90 bits per heavy atom. The van der Waals surface area contributed by atoms with E-state index >= 15 is 0 Å². The third-order valence-corrected chi connectivity index (χ3v) is 4.79. The zero-order valence-corrected chi connectivity index (χ0v) is 16.7. The van der Waals surface area contributed by atoms with Gasteiger partial charge in [-0.05, 0) is 62.2 Å². The normalized spacial score (nSPS) is 12.6. The molecule has 1 aliphatic rings. The van der Waals surface area contributed by atoms with E-state index in [1.54, 1.807) is 41.3 Å². The van der Waals surface area contributed by atoms with Gasteiger partial charge in [0.15, 0.2) is 6.61 Å². The molecule has 2 aromatic carbocycles. The van der Waals surface area contributed by atoms with Gasteiger partial charge in [-0.2, -0.15) is 0 Å². The van der Waals surface area contributed by atoms with Crippen molar-refractivity contribution in [2.45, 2.75) is 26.7 Å². The molecule has 2 N–H and O–H groups in total. The van der Waals surface area contributed by atoms with Gasteiger partial charge in [0, 0.05) is 36.4 Å². The maximum absolute atomic E-state index is 12.5. The van der Waals surface area contributed by atoms with Crippen LogP contribution in [0, 0.1) is 0 Å². The molecule has 0 radical (unpaired) electrons. The summed E-state index contributed by atoms with van der Waals surface area (Å²) in [5.41, 5.74) is 2.85. The molecule has 0 saturated heterocycles. The number of anilines is 2. The summed E-state index contributed by atoms with van der Waals surface area (Å²) in [4.78, 5) is 37.9. The number of nitrogens with zero attached hydrogens (tertiary/aromatic N) is 1. The summed E-state index contributed by atoms with van der Waals surface area (Å²) in [5.74, 6) is 0.194. The predicted octanol–water partition coefficient (Wildman–Crippen LogP) is 3.07. The van der Waals surface area contributed by atoms with E-state index in [-0.39, 0.29) is 24.3 Å². The van der Waals surface area contributed by atoms with Crippen molar-refractivity contribution in [2.75, 3.05) is 30.3 Å². The predicted molar refractivity (Wildman–Crippen MR) is 111 cm³/mol. The van der Waals surface area contributed by atoms with Gasteiger partial charge in [0.1, 0.15) is 5.75 Å². The van der Waals surface area contributed by atoms with E-state index in [0.29, 0.717) is 42.9 Å². The van der Waals surface area contributed by atoms with Gasteiger partial charge in [-0.1, -0.05) is 6.07 Å². The monoisotopic (exact) mass is 395 g/mol. The standard InChI is InChI=1S/C22H25N3O4/c1-3-25(4-2)22(28)16-6-5-7-17(12-16)23-21(27)14-29-18-9-10-19-15(13-18)8-11-20(26)24-19/h5-7,9-10,12-13H,3-4,8,11,14H2,1-2H3,(H,23,27)(H,24,26). The molecule has 0 atom stereocenters. The number of aryl methyl sites for hydroxylation is 1. The number of carbonyl (C=O) groups excluding carboxylic acids is 3. The van der Waals surface area contributed by atoms with Crippen LogP contribution in [-0.4, -0.2) is 42.3 Å². The second-order valence-electron chi connectivity index (χ2n) is 6.76. The van der Waals surface area contributed by atoms with Gasteiger partial charge < -0.3 is 20.3 Å². The number of hydrogen-bond donors (Lipinski definition) is 2. The molecule has 0 spiro atoms. The molecule has 7 nitrogen and oxygen atoms in total. The zero-order chi connectivity index (χ0) is 20.8. The van der Waals surface area contributed by atoms with Gasteiger partial charge >= 0.3 is 0 Å². The van der Waals surface area contributed by atoms with Crippen LogP contribution >= 0.6 is 0 Å². The topological polar surface area (TPSA) is 87.7 Å². The van der Waals surface area contributed by atoms with E-state index in [9.17, 15) is 14.4 Å². The summed E-state index contributed by atoms with van der Waals surface area (Å²) in [6.07, 6.45) is 1.09. The summed E-state index contributed by atoms with van der Waals surface area (Å²) >= 11 is 0. The highest BCUT2D eigenvalue weighted by Gasteiger charge is 2.16. The van der Waals surface area contributed by atoms with E-state index in [1.165, 1.54) is 0 Å². The molecule has 152 valence electrons. The minimum atomic E-state index is -0.316. The van der Waals surface area contributed by atoms with Crippen molar-refractivity contribution in [3.8, 4) is 5.75 Å². The molecule has 1 aliphatic heterocycles. The number of hydrogen-bond acceptors (Lipinski definition) is 4. The third kappa shape index (κ3) is 5.13. The smallest absolute Gasteiger partial charge is 0.262 e. The Bertz CT molecular complexity index is 922. The summed E-state index contributed by atoms with van der Waals surface area (Å²) in [7, 11) is 0. The lowest BCUT2D eigenvalue weighted by Crippen LogP contribution is -2.30. The van der Waals surface area contributed by atoms with Crippen LogP contribution in [0.1, 0.15) is 36.2 Å². The Balaban J connectivity index is 1.58. The van der Waals surface area contributed by atoms with Crippen LogP contribution in [0.4, 0.5) is 11.4 Å². The number of amides is 3. The first-order valence-corrected chi connectivity index (χ1v) is 9.75. The van der Waals surface area contributed by atoms with Crippen molar-refractivity contribution in [3.63, 3.8) is 0 Å². The second kappa shape index (κ2) is 9.23. The van der Waals surface area contributed by atoms with Gasteiger partial charge in [0.25, 0.3) is 11.8 Å². The number of fused-ring (bicyclic) bond motifs is 1. The van der Waals surface area contributed by atoms with Gasteiger partial charge in [0.05, 0.1) is 0 Å². The lowest BCUT2D eigenvalue weighted by atomic mass is 10.0. The van der Waals surface area contributed by atoms with Crippen molar-refractivity contribution in [1.29, 1.82) is 0 Å². The highest BCUT2D eigenvalue weighted by molar-refractivity contribution is 5.97. The molecule has 29 heavy (non-hydrogen) atoms. The summed E-state index contributed by atoms with van der Waals surface area (Å²) < 4.78 is 5.58. The Kier molecular flexibility index (Phi) is 6.49. The average Bonchev–Trinajstić information content (AvgIpc) is 2.73. The first kappa shape index (κ1) is 20.4. The Hall–Kier alpha value is -3.35. The molecule has 2 aromatic rings. The molecule has 0 aliphatic carbocycles. The quantitative estimate of drug-likeness (QED) is 0.754. The zero-order valence-electron chi connectivity index (χ0n) is 16.7. The fraction of sp³-hybridized carbons (Fsp3) is 0.318. The van der Waals surface area contributed by atoms with E-state index in [4.69, 9.17) is 4.74 Å². The number of carbonyl (C=O) groups is 3. The highest BCUT2D eigenvalue weighted by Crippen LogP contribution is 2.26. The van der Waals surface area contributed by atoms with Crippen LogP contribution in [0.5, 0.6) is 5.75 Å². The Morgan fingerprint density at radius 1 is 1.10 bits per heavy atom.